The molecule has 0 atom stereocenters. The van der Waals surface area contributed by atoms with Gasteiger partial charge >= 0.3 is 0 Å². The molecule has 2 aromatic heterocycles. The molecule has 0 amide bonds. The van der Waals surface area contributed by atoms with Crippen molar-refractivity contribution in [1.82, 2.24) is 19.7 Å². The van der Waals surface area contributed by atoms with Crippen molar-refractivity contribution in [3.8, 4) is 0 Å². The van der Waals surface area contributed by atoms with Crippen LogP contribution in [-0.4, -0.2) is 29.9 Å². The van der Waals surface area contributed by atoms with Gasteiger partial charge in [0.25, 0.3) is 0 Å². The van der Waals surface area contributed by atoms with Gasteiger partial charge in [0, 0.05) is 18.8 Å². The fraction of sp³-hybridized carbons (Fsp3) is 0.455. The molecule has 2 rings (SSSR count). The Morgan fingerprint density at radius 1 is 1.50 bits per heavy atom. The number of nitrogens with zero attached hydrogens (tertiary/aromatic N) is 3. The van der Waals surface area contributed by atoms with Crippen LogP contribution in [0, 0.1) is 6.92 Å². The van der Waals surface area contributed by atoms with Crippen molar-refractivity contribution in [2.24, 2.45) is 5.73 Å². The number of rotatable bonds is 7. The lowest BCUT2D eigenvalue weighted by Gasteiger charge is -2.01. The Morgan fingerprint density at radius 3 is 2.95 bits per heavy atom. The molecule has 0 bridgehead atoms. The Morgan fingerprint density at radius 2 is 2.30 bits per heavy atom. The molecule has 0 aromatic carbocycles. The van der Waals surface area contributed by atoms with Crippen molar-refractivity contribution in [2.45, 2.75) is 31.3 Å². The van der Waals surface area contributed by atoms with Gasteiger partial charge in [-0.3, -0.25) is 4.68 Å². The van der Waals surface area contributed by atoms with Gasteiger partial charge in [-0.2, -0.15) is 5.10 Å². The molecule has 0 saturated carbocycles. The summed E-state index contributed by atoms with van der Waals surface area (Å²) < 4.78 is 33.0. The van der Waals surface area contributed by atoms with Crippen molar-refractivity contribution in [3.05, 3.63) is 29.9 Å². The zero-order valence-electron chi connectivity index (χ0n) is 11.1. The third kappa shape index (κ3) is 3.65. The highest BCUT2D eigenvalue weighted by Crippen LogP contribution is 2.09. The minimum Gasteiger partial charge on any atom is -0.360 e. The van der Waals surface area contributed by atoms with Gasteiger partial charge < -0.3 is 10.3 Å². The smallest absolute Gasteiger partial charge is 0.244 e. The van der Waals surface area contributed by atoms with Gasteiger partial charge in [0.1, 0.15) is 4.90 Å². The molecule has 9 heteroatoms. The maximum absolute atomic E-state index is 12.0. The highest BCUT2D eigenvalue weighted by atomic mass is 32.2. The van der Waals surface area contributed by atoms with Crippen LogP contribution in [0.5, 0.6) is 0 Å². The van der Waals surface area contributed by atoms with Crippen LogP contribution in [0.2, 0.25) is 0 Å². The first-order valence-electron chi connectivity index (χ1n) is 6.15. The van der Waals surface area contributed by atoms with Crippen LogP contribution < -0.4 is 10.5 Å². The molecular weight excluding hydrogens is 282 g/mol. The molecule has 0 unspecified atom stereocenters. The number of hydrogen-bond donors (Lipinski definition) is 2. The van der Waals surface area contributed by atoms with Crippen LogP contribution >= 0.6 is 0 Å². The molecule has 0 aliphatic rings. The summed E-state index contributed by atoms with van der Waals surface area (Å²) >= 11 is 0. The monoisotopic (exact) mass is 299 g/mol. The molecule has 2 heterocycles. The Hall–Kier alpha value is -1.71. The highest BCUT2D eigenvalue weighted by molar-refractivity contribution is 7.89. The Labute approximate surface area is 117 Å². The first-order valence-corrected chi connectivity index (χ1v) is 7.64. The molecule has 20 heavy (non-hydrogen) atoms. The van der Waals surface area contributed by atoms with E-state index in [1.807, 2.05) is 0 Å². The normalized spacial score (nSPS) is 11.9. The largest absolute Gasteiger partial charge is 0.360 e. The number of nitrogens with one attached hydrogen (secondary N) is 1. The fourth-order valence-corrected chi connectivity index (χ4v) is 2.55. The summed E-state index contributed by atoms with van der Waals surface area (Å²) in [6, 6.07) is 1.67. The van der Waals surface area contributed by atoms with Gasteiger partial charge in [0.05, 0.1) is 18.4 Å². The van der Waals surface area contributed by atoms with Crippen LogP contribution in [0.25, 0.3) is 0 Å². The van der Waals surface area contributed by atoms with E-state index in [1.54, 1.807) is 17.7 Å². The number of aryl methyl sites for hydroxylation is 2. The van der Waals surface area contributed by atoms with Crippen molar-refractivity contribution in [3.63, 3.8) is 0 Å². The predicted octanol–water partition coefficient (Wildman–Crippen LogP) is 0.00682. The molecule has 0 aliphatic carbocycles. The second-order valence-electron chi connectivity index (χ2n) is 4.34. The first kappa shape index (κ1) is 14.7. The minimum atomic E-state index is -3.61. The summed E-state index contributed by atoms with van der Waals surface area (Å²) in [6.45, 7) is 2.94. The summed E-state index contributed by atoms with van der Waals surface area (Å²) in [5.41, 5.74) is 6.10. The van der Waals surface area contributed by atoms with Crippen molar-refractivity contribution in [1.29, 1.82) is 0 Å². The average molecular weight is 299 g/mol. The Kier molecular flexibility index (Phi) is 4.53. The van der Waals surface area contributed by atoms with Gasteiger partial charge in [0.15, 0.2) is 5.76 Å². The van der Waals surface area contributed by atoms with Gasteiger partial charge in [-0.1, -0.05) is 5.16 Å². The zero-order valence-corrected chi connectivity index (χ0v) is 11.9. The quantitative estimate of drug-likeness (QED) is 0.743. The molecule has 0 aliphatic heterocycles. The summed E-state index contributed by atoms with van der Waals surface area (Å²) in [6.07, 6.45) is 3.53. The molecule has 3 N–H and O–H groups in total. The zero-order chi connectivity index (χ0) is 14.6. The van der Waals surface area contributed by atoms with E-state index >= 15 is 0 Å². The Balaban J connectivity index is 2.00. The lowest BCUT2D eigenvalue weighted by atomic mass is 10.4. The third-order valence-corrected chi connectivity index (χ3v) is 3.98. The molecular formula is C11H17N5O3S. The second kappa shape index (κ2) is 6.16. The van der Waals surface area contributed by atoms with Crippen LogP contribution in [0.1, 0.15) is 17.9 Å². The third-order valence-electron chi connectivity index (χ3n) is 2.62. The average Bonchev–Trinajstić information content (AvgIpc) is 3.03. The number of nitrogens with two attached hydrogens (primary N) is 1. The van der Waals surface area contributed by atoms with Crippen molar-refractivity contribution in [2.75, 3.05) is 6.54 Å². The van der Waals surface area contributed by atoms with Crippen LogP contribution in [0.4, 0.5) is 0 Å². The van der Waals surface area contributed by atoms with E-state index in [1.165, 1.54) is 12.4 Å². The van der Waals surface area contributed by atoms with Gasteiger partial charge in [0.2, 0.25) is 10.0 Å². The van der Waals surface area contributed by atoms with Gasteiger partial charge in [-0.25, -0.2) is 13.1 Å². The molecule has 0 fully saturated rings. The lowest BCUT2D eigenvalue weighted by molar-refractivity contribution is 0.377. The first-order chi connectivity index (χ1) is 9.51. The highest BCUT2D eigenvalue weighted by Gasteiger charge is 2.17. The summed E-state index contributed by atoms with van der Waals surface area (Å²) in [5, 5.41) is 7.68. The number of sulfonamides is 1. The van der Waals surface area contributed by atoms with Crippen LogP contribution in [0.15, 0.2) is 27.9 Å². The van der Waals surface area contributed by atoms with E-state index < -0.39 is 10.0 Å². The minimum absolute atomic E-state index is 0.0527. The number of aromatic nitrogens is 3. The van der Waals surface area contributed by atoms with Crippen LogP contribution in [-0.2, 0) is 23.1 Å². The fourth-order valence-electron chi connectivity index (χ4n) is 1.61. The molecule has 0 saturated heterocycles. The Bertz CT molecular complexity index is 661. The predicted molar refractivity (Wildman–Crippen MR) is 71.2 cm³/mol. The van der Waals surface area contributed by atoms with E-state index in [2.05, 4.69) is 15.0 Å². The molecule has 0 spiro atoms. The maximum Gasteiger partial charge on any atom is 0.244 e. The van der Waals surface area contributed by atoms with Crippen LogP contribution in [0.3, 0.4) is 0 Å². The maximum atomic E-state index is 12.0. The summed E-state index contributed by atoms with van der Waals surface area (Å²) in [4.78, 5) is 0.116. The second-order valence-corrected chi connectivity index (χ2v) is 6.11. The van der Waals surface area contributed by atoms with E-state index in [4.69, 9.17) is 10.3 Å². The van der Waals surface area contributed by atoms with Gasteiger partial charge in [-0.05, 0) is 19.9 Å². The lowest BCUT2D eigenvalue weighted by Crippen LogP contribution is -2.22. The molecule has 8 nitrogen and oxygen atoms in total. The molecule has 2 aromatic rings. The van der Waals surface area contributed by atoms with Crippen molar-refractivity contribution < 1.29 is 12.9 Å². The van der Waals surface area contributed by atoms with E-state index in [-0.39, 0.29) is 11.4 Å². The molecule has 0 radical (unpaired) electrons. The van der Waals surface area contributed by atoms with E-state index in [0.29, 0.717) is 24.5 Å². The van der Waals surface area contributed by atoms with Gasteiger partial charge in [-0.15, -0.1) is 0 Å². The number of hydrogen-bond acceptors (Lipinski definition) is 6. The molecule has 110 valence electrons. The van der Waals surface area contributed by atoms with E-state index in [0.717, 1.165) is 6.42 Å². The van der Waals surface area contributed by atoms with Crippen molar-refractivity contribution >= 4 is 10.0 Å². The van der Waals surface area contributed by atoms with E-state index in [9.17, 15) is 8.42 Å². The standard InChI is InChI=1S/C11H17N5O3S/c1-9-5-10(19-15-9)6-14-20(17,18)11-7-13-16(8-11)4-2-3-12/h5,7-8,14H,2-4,6,12H2,1H3. The topological polar surface area (TPSA) is 116 Å². The SMILES string of the molecule is Cc1cc(CNS(=O)(=O)c2cnn(CCCN)c2)on1. The summed E-state index contributed by atoms with van der Waals surface area (Å²) in [7, 11) is -3.61. The summed E-state index contributed by atoms with van der Waals surface area (Å²) in [5.74, 6) is 0.460.